The van der Waals surface area contributed by atoms with Crippen molar-refractivity contribution in [3.05, 3.63) is 24.3 Å². The molecule has 0 saturated heterocycles. The minimum Gasteiger partial charge on any atom is -0.391 e. The first kappa shape index (κ1) is 16.9. The fraction of sp³-hybridized carbons (Fsp3) is 0.667. The van der Waals surface area contributed by atoms with Crippen LogP contribution in [0.3, 0.4) is 0 Å². The van der Waals surface area contributed by atoms with E-state index in [0.717, 1.165) is 23.9 Å². The fourth-order valence-electron chi connectivity index (χ4n) is 2.78. The number of aliphatic hydroxyl groups excluding tert-OH is 1. The van der Waals surface area contributed by atoms with Gasteiger partial charge in [-0.25, -0.2) is 0 Å². The standard InChI is InChI=1S/C18H29N3O/c1-2-3-4-5-6-7-8-9-12-16(22)15-21-19-17-13-10-11-14-18(17)20-21/h10-11,13-14,16,22H,2-9,12,15H2,1H3. The van der Waals surface area contributed by atoms with Gasteiger partial charge in [0.1, 0.15) is 11.0 Å². The summed E-state index contributed by atoms with van der Waals surface area (Å²) in [5.74, 6) is 0. The topological polar surface area (TPSA) is 50.9 Å². The van der Waals surface area contributed by atoms with Crippen LogP contribution in [0.25, 0.3) is 11.0 Å². The molecule has 0 radical (unpaired) electrons. The zero-order valence-electron chi connectivity index (χ0n) is 13.7. The smallest absolute Gasteiger partial charge is 0.113 e. The van der Waals surface area contributed by atoms with Crippen LogP contribution in [-0.2, 0) is 6.54 Å². The third-order valence-electron chi connectivity index (χ3n) is 4.09. The van der Waals surface area contributed by atoms with Crippen LogP contribution >= 0.6 is 0 Å². The van der Waals surface area contributed by atoms with Gasteiger partial charge in [-0.15, -0.1) is 0 Å². The maximum Gasteiger partial charge on any atom is 0.113 e. The molecule has 1 heterocycles. The van der Waals surface area contributed by atoms with Gasteiger partial charge in [0.15, 0.2) is 0 Å². The van der Waals surface area contributed by atoms with Gasteiger partial charge in [-0.05, 0) is 18.6 Å². The summed E-state index contributed by atoms with van der Waals surface area (Å²) < 4.78 is 0. The summed E-state index contributed by atoms with van der Waals surface area (Å²) in [4.78, 5) is 1.63. The van der Waals surface area contributed by atoms with Crippen molar-refractivity contribution in [1.29, 1.82) is 0 Å². The number of unbranched alkanes of at least 4 members (excludes halogenated alkanes) is 7. The van der Waals surface area contributed by atoms with Crippen LogP contribution in [0, 0.1) is 0 Å². The second-order valence-corrected chi connectivity index (χ2v) is 6.16. The zero-order valence-corrected chi connectivity index (χ0v) is 13.7. The third-order valence-corrected chi connectivity index (χ3v) is 4.09. The number of rotatable bonds is 11. The molecule has 0 aliphatic rings. The average molecular weight is 303 g/mol. The minimum atomic E-state index is -0.345. The second-order valence-electron chi connectivity index (χ2n) is 6.16. The van der Waals surface area contributed by atoms with E-state index in [1.807, 2.05) is 24.3 Å². The van der Waals surface area contributed by atoms with Crippen LogP contribution in [0.2, 0.25) is 0 Å². The first-order chi connectivity index (χ1) is 10.8. The molecule has 2 rings (SSSR count). The molecule has 0 aliphatic heterocycles. The number of nitrogens with zero attached hydrogens (tertiary/aromatic N) is 3. The zero-order chi connectivity index (χ0) is 15.6. The molecule has 1 unspecified atom stereocenters. The van der Waals surface area contributed by atoms with Gasteiger partial charge >= 0.3 is 0 Å². The van der Waals surface area contributed by atoms with Gasteiger partial charge in [-0.3, -0.25) is 0 Å². The van der Waals surface area contributed by atoms with Crippen molar-refractivity contribution in [2.24, 2.45) is 0 Å². The molecule has 0 amide bonds. The van der Waals surface area contributed by atoms with E-state index in [1.165, 1.54) is 44.9 Å². The summed E-state index contributed by atoms with van der Waals surface area (Å²) in [6.45, 7) is 2.74. The lowest BCUT2D eigenvalue weighted by molar-refractivity contribution is 0.131. The van der Waals surface area contributed by atoms with Gasteiger partial charge in [-0.2, -0.15) is 15.0 Å². The summed E-state index contributed by atoms with van der Waals surface area (Å²) in [5.41, 5.74) is 1.78. The lowest BCUT2D eigenvalue weighted by atomic mass is 10.1. The lowest BCUT2D eigenvalue weighted by Gasteiger charge is -2.09. The number of hydrogen-bond acceptors (Lipinski definition) is 3. The first-order valence-corrected chi connectivity index (χ1v) is 8.77. The predicted octanol–water partition coefficient (Wildman–Crippen LogP) is 4.32. The molecule has 0 fully saturated rings. The molecule has 0 saturated carbocycles. The molecular weight excluding hydrogens is 274 g/mol. The molecule has 0 aliphatic carbocycles. The van der Waals surface area contributed by atoms with Crippen molar-refractivity contribution in [3.8, 4) is 0 Å². The Morgan fingerprint density at radius 3 is 2.05 bits per heavy atom. The first-order valence-electron chi connectivity index (χ1n) is 8.77. The Kier molecular flexibility index (Phi) is 7.37. The summed E-state index contributed by atoms with van der Waals surface area (Å²) in [6, 6.07) is 7.81. The molecule has 1 aromatic heterocycles. The number of aromatic nitrogens is 3. The largest absolute Gasteiger partial charge is 0.391 e. The van der Waals surface area contributed by atoms with Gasteiger partial charge in [-0.1, -0.05) is 70.4 Å². The van der Waals surface area contributed by atoms with Gasteiger partial charge < -0.3 is 5.11 Å². The number of fused-ring (bicyclic) bond motifs is 1. The Bertz CT molecular complexity index is 505. The maximum atomic E-state index is 10.1. The summed E-state index contributed by atoms with van der Waals surface area (Å²) >= 11 is 0. The summed E-state index contributed by atoms with van der Waals surface area (Å²) in [6.07, 6.45) is 10.8. The molecule has 4 nitrogen and oxygen atoms in total. The quantitative estimate of drug-likeness (QED) is 0.629. The van der Waals surface area contributed by atoms with Crippen molar-refractivity contribution >= 4 is 11.0 Å². The summed E-state index contributed by atoms with van der Waals surface area (Å²) in [7, 11) is 0. The van der Waals surface area contributed by atoms with E-state index in [1.54, 1.807) is 4.80 Å². The highest BCUT2D eigenvalue weighted by atomic mass is 16.3. The molecule has 0 spiro atoms. The SMILES string of the molecule is CCCCCCCCCCC(O)Cn1nc2ccccc2n1. The molecule has 4 heteroatoms. The van der Waals surface area contributed by atoms with Crippen LogP contribution < -0.4 is 0 Å². The normalized spacial score (nSPS) is 12.8. The Morgan fingerprint density at radius 1 is 0.909 bits per heavy atom. The van der Waals surface area contributed by atoms with Gasteiger partial charge in [0.25, 0.3) is 0 Å². The molecular formula is C18H29N3O. The van der Waals surface area contributed by atoms with Crippen LogP contribution in [0.5, 0.6) is 0 Å². The monoisotopic (exact) mass is 303 g/mol. The fourth-order valence-corrected chi connectivity index (χ4v) is 2.78. The van der Waals surface area contributed by atoms with E-state index in [0.29, 0.717) is 6.54 Å². The average Bonchev–Trinajstić information content (AvgIpc) is 2.92. The number of aliphatic hydroxyl groups is 1. The number of hydrogen-bond donors (Lipinski definition) is 1. The molecule has 1 atom stereocenters. The van der Waals surface area contributed by atoms with Crippen LogP contribution in [0.15, 0.2) is 24.3 Å². The Hall–Kier alpha value is -1.42. The highest BCUT2D eigenvalue weighted by molar-refractivity contribution is 5.72. The van der Waals surface area contributed by atoms with Crippen molar-refractivity contribution in [1.82, 2.24) is 15.0 Å². The van der Waals surface area contributed by atoms with Crippen LogP contribution in [-0.4, -0.2) is 26.2 Å². The molecule has 0 bridgehead atoms. The second kappa shape index (κ2) is 9.57. The van der Waals surface area contributed by atoms with Crippen molar-refractivity contribution < 1.29 is 5.11 Å². The third kappa shape index (κ3) is 5.76. The Labute approximate surface area is 133 Å². The van der Waals surface area contributed by atoms with E-state index < -0.39 is 0 Å². The molecule has 1 N–H and O–H groups in total. The van der Waals surface area contributed by atoms with Crippen LogP contribution in [0.4, 0.5) is 0 Å². The Balaban J connectivity index is 1.58. The molecule has 2 aromatic rings. The molecule has 122 valence electrons. The van der Waals surface area contributed by atoms with Crippen LogP contribution in [0.1, 0.15) is 64.7 Å². The molecule has 1 aromatic carbocycles. The number of benzene rings is 1. The van der Waals surface area contributed by atoms with E-state index in [-0.39, 0.29) is 6.10 Å². The van der Waals surface area contributed by atoms with Gasteiger partial charge in [0.05, 0.1) is 12.6 Å². The van der Waals surface area contributed by atoms with Crippen molar-refractivity contribution in [3.63, 3.8) is 0 Å². The van der Waals surface area contributed by atoms with E-state index >= 15 is 0 Å². The minimum absolute atomic E-state index is 0.345. The van der Waals surface area contributed by atoms with E-state index in [2.05, 4.69) is 17.1 Å². The van der Waals surface area contributed by atoms with Crippen molar-refractivity contribution in [2.45, 2.75) is 77.4 Å². The van der Waals surface area contributed by atoms with Gasteiger partial charge in [0, 0.05) is 0 Å². The highest BCUT2D eigenvalue weighted by Crippen LogP contribution is 2.12. The summed E-state index contributed by atoms with van der Waals surface area (Å²) in [5, 5.41) is 18.9. The van der Waals surface area contributed by atoms with Gasteiger partial charge in [0.2, 0.25) is 0 Å². The van der Waals surface area contributed by atoms with Crippen molar-refractivity contribution in [2.75, 3.05) is 0 Å². The van der Waals surface area contributed by atoms with E-state index in [4.69, 9.17) is 0 Å². The predicted molar refractivity (Wildman–Crippen MR) is 90.8 cm³/mol. The highest BCUT2D eigenvalue weighted by Gasteiger charge is 2.08. The van der Waals surface area contributed by atoms with E-state index in [9.17, 15) is 5.11 Å². The maximum absolute atomic E-state index is 10.1. The lowest BCUT2D eigenvalue weighted by Crippen LogP contribution is -2.17. The Morgan fingerprint density at radius 2 is 1.45 bits per heavy atom. The molecule has 22 heavy (non-hydrogen) atoms.